The van der Waals surface area contributed by atoms with Crippen LogP contribution in [-0.2, 0) is 6.42 Å². The molecule has 2 rings (SSSR count). The average Bonchev–Trinajstić information content (AvgIpc) is 2.24. The molecule has 0 heterocycles. The minimum Gasteiger partial charge on any atom is -0.311 e. The molecule has 2 atom stereocenters. The Balaban J connectivity index is 1.72. The van der Waals surface area contributed by atoms with Gasteiger partial charge < -0.3 is 5.32 Å². The molecule has 1 aliphatic carbocycles. The minimum absolute atomic E-state index is 0.626. The van der Waals surface area contributed by atoms with E-state index in [2.05, 4.69) is 50.4 Å². The van der Waals surface area contributed by atoms with Crippen molar-refractivity contribution in [3.05, 3.63) is 35.4 Å². The molecule has 100 valence electrons. The molecular formula is C17H27N. The van der Waals surface area contributed by atoms with E-state index < -0.39 is 0 Å². The van der Waals surface area contributed by atoms with E-state index >= 15 is 0 Å². The molecule has 1 nitrogen and oxygen atoms in total. The number of rotatable bonds is 6. The summed E-state index contributed by atoms with van der Waals surface area (Å²) >= 11 is 0. The van der Waals surface area contributed by atoms with Gasteiger partial charge in [-0.2, -0.15) is 0 Å². The van der Waals surface area contributed by atoms with E-state index in [0.29, 0.717) is 12.1 Å². The standard InChI is InChI=1S/C17H27N/c1-13-6-4-7-16(12-13)11-10-14(2)18-15(3)17-8-5-9-17/h4,6-7,12,14-15,17-18H,5,8-11H2,1-3H3. The van der Waals surface area contributed by atoms with Crippen LogP contribution in [0.2, 0.25) is 0 Å². The van der Waals surface area contributed by atoms with Gasteiger partial charge in [-0.1, -0.05) is 36.2 Å². The molecule has 1 fully saturated rings. The molecule has 1 saturated carbocycles. The van der Waals surface area contributed by atoms with Crippen LogP contribution in [0, 0.1) is 12.8 Å². The first kappa shape index (κ1) is 13.6. The largest absolute Gasteiger partial charge is 0.311 e. The number of hydrogen-bond acceptors (Lipinski definition) is 1. The molecule has 0 radical (unpaired) electrons. The van der Waals surface area contributed by atoms with Crippen LogP contribution < -0.4 is 5.32 Å². The summed E-state index contributed by atoms with van der Waals surface area (Å²) in [4.78, 5) is 0. The van der Waals surface area contributed by atoms with E-state index in [9.17, 15) is 0 Å². The van der Waals surface area contributed by atoms with Crippen molar-refractivity contribution in [2.45, 2.75) is 65.0 Å². The Morgan fingerprint density at radius 3 is 2.67 bits per heavy atom. The van der Waals surface area contributed by atoms with Gasteiger partial charge in [0.05, 0.1) is 0 Å². The Hall–Kier alpha value is -0.820. The van der Waals surface area contributed by atoms with Crippen LogP contribution in [0.15, 0.2) is 24.3 Å². The zero-order valence-corrected chi connectivity index (χ0v) is 12.1. The van der Waals surface area contributed by atoms with E-state index in [1.807, 2.05) is 0 Å². The molecule has 2 unspecified atom stereocenters. The number of aryl methyl sites for hydroxylation is 2. The quantitative estimate of drug-likeness (QED) is 0.796. The summed E-state index contributed by atoms with van der Waals surface area (Å²) in [5.74, 6) is 0.936. The molecule has 0 aliphatic heterocycles. The second-order valence-electron chi connectivity index (χ2n) is 6.08. The molecule has 0 aromatic heterocycles. The number of hydrogen-bond donors (Lipinski definition) is 1. The summed E-state index contributed by atoms with van der Waals surface area (Å²) < 4.78 is 0. The Morgan fingerprint density at radius 1 is 1.28 bits per heavy atom. The maximum absolute atomic E-state index is 3.77. The highest BCUT2D eigenvalue weighted by Crippen LogP contribution is 2.29. The molecule has 0 spiro atoms. The van der Waals surface area contributed by atoms with Crippen LogP contribution in [0.3, 0.4) is 0 Å². The molecule has 0 bridgehead atoms. The predicted molar refractivity (Wildman–Crippen MR) is 78.9 cm³/mol. The number of benzene rings is 1. The fourth-order valence-electron chi connectivity index (χ4n) is 2.86. The Kier molecular flexibility index (Phi) is 4.82. The summed E-state index contributed by atoms with van der Waals surface area (Å²) in [5.41, 5.74) is 2.84. The van der Waals surface area contributed by atoms with Crippen molar-refractivity contribution >= 4 is 0 Å². The third-order valence-electron chi connectivity index (χ3n) is 4.35. The molecule has 0 saturated heterocycles. The van der Waals surface area contributed by atoms with Crippen molar-refractivity contribution in [2.24, 2.45) is 5.92 Å². The van der Waals surface area contributed by atoms with Crippen molar-refractivity contribution in [3.8, 4) is 0 Å². The van der Waals surface area contributed by atoms with Crippen LogP contribution in [0.5, 0.6) is 0 Å². The lowest BCUT2D eigenvalue weighted by Gasteiger charge is -2.34. The van der Waals surface area contributed by atoms with Gasteiger partial charge in [0, 0.05) is 12.1 Å². The minimum atomic E-state index is 0.626. The second-order valence-corrected chi connectivity index (χ2v) is 6.08. The van der Waals surface area contributed by atoms with Crippen LogP contribution in [0.25, 0.3) is 0 Å². The fourth-order valence-corrected chi connectivity index (χ4v) is 2.86. The van der Waals surface area contributed by atoms with E-state index in [0.717, 1.165) is 5.92 Å². The van der Waals surface area contributed by atoms with Gasteiger partial charge in [0.25, 0.3) is 0 Å². The zero-order chi connectivity index (χ0) is 13.0. The van der Waals surface area contributed by atoms with Gasteiger partial charge >= 0.3 is 0 Å². The SMILES string of the molecule is Cc1cccc(CCC(C)NC(C)C2CCC2)c1. The lowest BCUT2D eigenvalue weighted by Crippen LogP contribution is -2.42. The molecule has 1 aromatic rings. The van der Waals surface area contributed by atoms with Gasteiger partial charge in [-0.05, 0) is 57.9 Å². The van der Waals surface area contributed by atoms with E-state index in [4.69, 9.17) is 0 Å². The highest BCUT2D eigenvalue weighted by molar-refractivity contribution is 5.22. The molecule has 1 heteroatoms. The van der Waals surface area contributed by atoms with E-state index in [1.54, 1.807) is 0 Å². The Bertz CT molecular complexity index is 368. The third kappa shape index (κ3) is 3.84. The number of nitrogens with one attached hydrogen (secondary N) is 1. The van der Waals surface area contributed by atoms with Gasteiger partial charge in [-0.15, -0.1) is 0 Å². The maximum atomic E-state index is 3.77. The topological polar surface area (TPSA) is 12.0 Å². The molecule has 1 N–H and O–H groups in total. The normalized spacial score (nSPS) is 19.3. The van der Waals surface area contributed by atoms with Crippen molar-refractivity contribution in [2.75, 3.05) is 0 Å². The lowest BCUT2D eigenvalue weighted by molar-refractivity contribution is 0.227. The summed E-state index contributed by atoms with van der Waals surface area (Å²) in [5, 5.41) is 3.77. The summed E-state index contributed by atoms with van der Waals surface area (Å²) in [6, 6.07) is 10.2. The predicted octanol–water partition coefficient (Wildman–Crippen LogP) is 4.09. The van der Waals surface area contributed by atoms with Crippen molar-refractivity contribution in [1.29, 1.82) is 0 Å². The van der Waals surface area contributed by atoms with Crippen molar-refractivity contribution in [1.82, 2.24) is 5.32 Å². The molecule has 0 amide bonds. The van der Waals surface area contributed by atoms with Gasteiger partial charge in [-0.3, -0.25) is 0 Å². The van der Waals surface area contributed by atoms with E-state index in [-0.39, 0.29) is 0 Å². The molecule has 1 aliphatic rings. The third-order valence-corrected chi connectivity index (χ3v) is 4.35. The summed E-state index contributed by atoms with van der Waals surface area (Å²) in [6.07, 6.45) is 6.72. The van der Waals surface area contributed by atoms with Crippen LogP contribution in [0.4, 0.5) is 0 Å². The highest BCUT2D eigenvalue weighted by atomic mass is 14.9. The summed E-state index contributed by atoms with van der Waals surface area (Å²) in [6.45, 7) is 6.85. The summed E-state index contributed by atoms with van der Waals surface area (Å²) in [7, 11) is 0. The monoisotopic (exact) mass is 245 g/mol. The Morgan fingerprint density at radius 2 is 2.06 bits per heavy atom. The van der Waals surface area contributed by atoms with Crippen LogP contribution in [-0.4, -0.2) is 12.1 Å². The van der Waals surface area contributed by atoms with Gasteiger partial charge in [0.1, 0.15) is 0 Å². The first-order valence-corrected chi connectivity index (χ1v) is 7.47. The fraction of sp³-hybridized carbons (Fsp3) is 0.647. The van der Waals surface area contributed by atoms with Gasteiger partial charge in [0.15, 0.2) is 0 Å². The molecule has 18 heavy (non-hydrogen) atoms. The smallest absolute Gasteiger partial charge is 0.00694 e. The highest BCUT2D eigenvalue weighted by Gasteiger charge is 2.24. The average molecular weight is 245 g/mol. The van der Waals surface area contributed by atoms with Crippen LogP contribution >= 0.6 is 0 Å². The first-order valence-electron chi connectivity index (χ1n) is 7.47. The van der Waals surface area contributed by atoms with Crippen LogP contribution in [0.1, 0.15) is 50.7 Å². The Labute approximate surface area is 112 Å². The van der Waals surface area contributed by atoms with Gasteiger partial charge in [-0.25, -0.2) is 0 Å². The van der Waals surface area contributed by atoms with Crippen molar-refractivity contribution in [3.63, 3.8) is 0 Å². The zero-order valence-electron chi connectivity index (χ0n) is 12.1. The lowest BCUT2D eigenvalue weighted by atomic mass is 9.80. The second kappa shape index (κ2) is 6.38. The molecule has 1 aromatic carbocycles. The van der Waals surface area contributed by atoms with Crippen molar-refractivity contribution < 1.29 is 0 Å². The van der Waals surface area contributed by atoms with Gasteiger partial charge in [0.2, 0.25) is 0 Å². The first-order chi connectivity index (χ1) is 8.65. The van der Waals surface area contributed by atoms with E-state index in [1.165, 1.54) is 43.2 Å². The molecular weight excluding hydrogens is 218 g/mol. The maximum Gasteiger partial charge on any atom is 0.00694 e.